The van der Waals surface area contributed by atoms with Crippen LogP contribution in [0.15, 0.2) is 66.7 Å². The van der Waals surface area contributed by atoms with Gasteiger partial charge in [-0.1, -0.05) is 48.5 Å². The van der Waals surface area contributed by atoms with Crippen LogP contribution >= 0.6 is 0 Å². The lowest BCUT2D eigenvalue weighted by Gasteiger charge is -2.35. The van der Waals surface area contributed by atoms with E-state index >= 15 is 0 Å². The maximum absolute atomic E-state index is 13.9. The minimum absolute atomic E-state index is 0.0669. The minimum Gasteiger partial charge on any atom is -0.493 e. The summed E-state index contributed by atoms with van der Waals surface area (Å²) in [4.78, 5) is 30.8. The first kappa shape index (κ1) is 21.1. The van der Waals surface area contributed by atoms with Crippen molar-refractivity contribution in [1.82, 2.24) is 9.80 Å². The van der Waals surface area contributed by atoms with Gasteiger partial charge in [0.05, 0.1) is 14.2 Å². The molecule has 2 heterocycles. The lowest BCUT2D eigenvalue weighted by atomic mass is 9.96. The highest BCUT2D eigenvalue weighted by molar-refractivity contribution is 6.01. The molecule has 0 bridgehead atoms. The average molecular weight is 443 g/mol. The first-order chi connectivity index (χ1) is 16.1. The van der Waals surface area contributed by atoms with Gasteiger partial charge in [0.25, 0.3) is 5.91 Å². The van der Waals surface area contributed by atoms with Crippen LogP contribution in [0.1, 0.15) is 38.7 Å². The van der Waals surface area contributed by atoms with Crippen molar-refractivity contribution >= 4 is 11.8 Å². The summed E-state index contributed by atoms with van der Waals surface area (Å²) in [6.07, 6.45) is 0.719. The van der Waals surface area contributed by atoms with Crippen LogP contribution in [0.25, 0.3) is 0 Å². The number of methoxy groups -OCH3 is 2. The number of hydrogen-bond donors (Lipinski definition) is 0. The van der Waals surface area contributed by atoms with E-state index in [0.717, 1.165) is 28.7 Å². The van der Waals surface area contributed by atoms with Crippen molar-refractivity contribution in [1.29, 1.82) is 0 Å². The molecule has 5 rings (SSSR count). The Morgan fingerprint density at radius 2 is 1.52 bits per heavy atom. The fourth-order valence-corrected chi connectivity index (χ4v) is 4.82. The Morgan fingerprint density at radius 3 is 2.21 bits per heavy atom. The molecule has 0 aromatic heterocycles. The predicted octanol–water partition coefficient (Wildman–Crippen LogP) is 3.99. The van der Waals surface area contributed by atoms with E-state index in [4.69, 9.17) is 9.47 Å². The van der Waals surface area contributed by atoms with E-state index in [0.29, 0.717) is 36.7 Å². The Hall–Kier alpha value is -3.80. The van der Waals surface area contributed by atoms with Gasteiger partial charge in [0.15, 0.2) is 11.5 Å². The van der Waals surface area contributed by atoms with Crippen LogP contribution in [-0.2, 0) is 24.3 Å². The third kappa shape index (κ3) is 3.71. The predicted molar refractivity (Wildman–Crippen MR) is 124 cm³/mol. The second kappa shape index (κ2) is 8.62. The zero-order chi connectivity index (χ0) is 22.9. The molecule has 1 atom stereocenters. The molecule has 6 heteroatoms. The van der Waals surface area contributed by atoms with E-state index in [1.165, 1.54) is 0 Å². The maximum atomic E-state index is 13.9. The number of carbonyl (C=O) groups excluding carboxylic acids is 2. The minimum atomic E-state index is -0.673. The van der Waals surface area contributed by atoms with Crippen LogP contribution in [0.5, 0.6) is 11.5 Å². The third-order valence-electron chi connectivity index (χ3n) is 6.54. The Balaban J connectivity index is 1.47. The van der Waals surface area contributed by atoms with Crippen LogP contribution in [0.4, 0.5) is 0 Å². The van der Waals surface area contributed by atoms with Gasteiger partial charge in [0.1, 0.15) is 6.04 Å². The highest BCUT2D eigenvalue weighted by Crippen LogP contribution is 2.36. The van der Waals surface area contributed by atoms with Gasteiger partial charge in [-0.3, -0.25) is 9.59 Å². The highest BCUT2D eigenvalue weighted by atomic mass is 16.5. The van der Waals surface area contributed by atoms with E-state index in [9.17, 15) is 9.59 Å². The molecule has 2 aliphatic rings. The summed E-state index contributed by atoms with van der Waals surface area (Å²) in [6.45, 7) is 1.47. The zero-order valence-electron chi connectivity index (χ0n) is 18.8. The van der Waals surface area contributed by atoms with E-state index in [2.05, 4.69) is 0 Å². The second-order valence-electron chi connectivity index (χ2n) is 8.39. The second-order valence-corrected chi connectivity index (χ2v) is 8.39. The van der Waals surface area contributed by atoms with E-state index in [1.54, 1.807) is 19.1 Å². The van der Waals surface area contributed by atoms with Gasteiger partial charge in [-0.25, -0.2) is 0 Å². The van der Waals surface area contributed by atoms with E-state index in [-0.39, 0.29) is 11.8 Å². The van der Waals surface area contributed by atoms with Gasteiger partial charge in [0.2, 0.25) is 5.91 Å². The van der Waals surface area contributed by atoms with Crippen molar-refractivity contribution < 1.29 is 19.1 Å². The molecule has 0 spiro atoms. The van der Waals surface area contributed by atoms with Gasteiger partial charge in [-0.15, -0.1) is 0 Å². The standard InChI is InChI=1S/C27H26N2O4/c1-32-23-14-19-12-13-28(16-21(19)15-24(23)33-2)27(31)25(18-8-4-3-5-9-18)29-17-20-10-6-7-11-22(20)26(29)30/h3-11,14-15,25H,12-13,16-17H2,1-2H3/t25-/m0/s1. The number of benzene rings is 3. The van der Waals surface area contributed by atoms with Crippen molar-refractivity contribution in [2.45, 2.75) is 25.6 Å². The molecule has 0 saturated carbocycles. The van der Waals surface area contributed by atoms with Crippen LogP contribution in [0, 0.1) is 0 Å². The third-order valence-corrected chi connectivity index (χ3v) is 6.54. The van der Waals surface area contributed by atoms with Crippen LogP contribution in [-0.4, -0.2) is 42.4 Å². The van der Waals surface area contributed by atoms with Crippen molar-refractivity contribution in [3.63, 3.8) is 0 Å². The first-order valence-electron chi connectivity index (χ1n) is 11.1. The summed E-state index contributed by atoms with van der Waals surface area (Å²) in [7, 11) is 3.23. The molecule has 168 valence electrons. The number of ether oxygens (including phenoxy) is 2. The maximum Gasteiger partial charge on any atom is 0.255 e. The van der Waals surface area contributed by atoms with Crippen molar-refractivity contribution in [3.05, 3.63) is 94.5 Å². The van der Waals surface area contributed by atoms with Crippen molar-refractivity contribution in [2.24, 2.45) is 0 Å². The van der Waals surface area contributed by atoms with Gasteiger partial charge >= 0.3 is 0 Å². The number of carbonyl (C=O) groups is 2. The number of amides is 2. The number of rotatable bonds is 5. The van der Waals surface area contributed by atoms with Crippen molar-refractivity contribution in [3.8, 4) is 11.5 Å². The quantitative estimate of drug-likeness (QED) is 0.600. The van der Waals surface area contributed by atoms with Crippen LogP contribution in [0.3, 0.4) is 0 Å². The Morgan fingerprint density at radius 1 is 0.848 bits per heavy atom. The summed E-state index contributed by atoms with van der Waals surface area (Å²) in [6, 6.07) is 20.4. The molecular formula is C27H26N2O4. The smallest absolute Gasteiger partial charge is 0.255 e. The van der Waals surface area contributed by atoms with Crippen LogP contribution in [0.2, 0.25) is 0 Å². The fraction of sp³-hybridized carbons (Fsp3) is 0.259. The molecular weight excluding hydrogens is 416 g/mol. The summed E-state index contributed by atoms with van der Waals surface area (Å²) in [5.41, 5.74) is 4.64. The average Bonchev–Trinajstić information content (AvgIpc) is 3.19. The molecule has 0 radical (unpaired) electrons. The van der Waals surface area contributed by atoms with Gasteiger partial charge in [-0.05, 0) is 46.9 Å². The molecule has 2 amide bonds. The summed E-state index contributed by atoms with van der Waals surface area (Å²) in [5.74, 6) is 1.17. The van der Waals surface area contributed by atoms with Gasteiger partial charge in [0, 0.05) is 25.2 Å². The number of fused-ring (bicyclic) bond motifs is 2. The molecule has 0 fully saturated rings. The van der Waals surface area contributed by atoms with Crippen molar-refractivity contribution in [2.75, 3.05) is 20.8 Å². The molecule has 3 aromatic rings. The molecule has 6 nitrogen and oxygen atoms in total. The monoisotopic (exact) mass is 442 g/mol. The molecule has 33 heavy (non-hydrogen) atoms. The molecule has 3 aromatic carbocycles. The largest absolute Gasteiger partial charge is 0.493 e. The van der Waals surface area contributed by atoms with Gasteiger partial charge in [-0.2, -0.15) is 0 Å². The Kier molecular flexibility index (Phi) is 5.50. The highest BCUT2D eigenvalue weighted by Gasteiger charge is 2.39. The summed E-state index contributed by atoms with van der Waals surface area (Å²) in [5, 5.41) is 0. The van der Waals surface area contributed by atoms with Crippen LogP contribution < -0.4 is 9.47 Å². The Labute approximate surface area is 193 Å². The fourth-order valence-electron chi connectivity index (χ4n) is 4.82. The van der Waals surface area contributed by atoms with Gasteiger partial charge < -0.3 is 19.3 Å². The number of hydrogen-bond acceptors (Lipinski definition) is 4. The zero-order valence-corrected chi connectivity index (χ0v) is 18.8. The Bertz CT molecular complexity index is 1210. The van der Waals surface area contributed by atoms with E-state index < -0.39 is 6.04 Å². The normalized spacial score (nSPS) is 15.6. The summed E-state index contributed by atoms with van der Waals surface area (Å²) < 4.78 is 10.9. The number of nitrogens with zero attached hydrogens (tertiary/aromatic N) is 2. The molecule has 0 aliphatic carbocycles. The molecule has 2 aliphatic heterocycles. The summed E-state index contributed by atoms with van der Waals surface area (Å²) >= 11 is 0. The first-order valence-corrected chi connectivity index (χ1v) is 11.1. The van der Waals surface area contributed by atoms with E-state index in [1.807, 2.05) is 71.6 Å². The molecule has 0 unspecified atom stereocenters. The molecule has 0 N–H and O–H groups in total. The lowest BCUT2D eigenvalue weighted by Crippen LogP contribution is -2.45. The molecule has 0 saturated heterocycles. The topological polar surface area (TPSA) is 59.1 Å². The SMILES string of the molecule is COc1cc2c(cc1OC)CN(C(=O)[C@H](c1ccccc1)N1Cc3ccccc3C1=O)CC2. The lowest BCUT2D eigenvalue weighted by molar-refractivity contribution is -0.137.